The van der Waals surface area contributed by atoms with Gasteiger partial charge in [0.1, 0.15) is 0 Å². The Hall–Kier alpha value is -0.790. The number of hydrogen-bond acceptors (Lipinski definition) is 1. The lowest BCUT2D eigenvalue weighted by Gasteiger charge is -2.21. The molecule has 0 spiro atoms. The second kappa shape index (κ2) is 3.07. The third kappa shape index (κ3) is 2.74. The van der Waals surface area contributed by atoms with Gasteiger partial charge in [-0.2, -0.15) is 0 Å². The Morgan fingerprint density at radius 1 is 1.18 bits per heavy atom. The van der Waals surface area contributed by atoms with Gasteiger partial charge in [0, 0.05) is 5.57 Å². The maximum absolute atomic E-state index is 10.8. The molecule has 0 heterocycles. The van der Waals surface area contributed by atoms with E-state index in [9.17, 15) is 4.79 Å². The van der Waals surface area contributed by atoms with E-state index in [2.05, 4.69) is 20.8 Å². The molecule has 0 aromatic carbocycles. The number of nitrogens with two attached hydrogens (primary N) is 1. The Bertz CT molecular complexity index is 196. The number of hydrogen-bond donors (Lipinski definition) is 1. The summed E-state index contributed by atoms with van der Waals surface area (Å²) in [5, 5.41) is 0. The van der Waals surface area contributed by atoms with E-state index in [0.717, 1.165) is 5.57 Å². The van der Waals surface area contributed by atoms with E-state index in [4.69, 9.17) is 5.73 Å². The first-order valence-electron chi connectivity index (χ1n) is 3.74. The normalized spacial score (nSPS) is 14.3. The first kappa shape index (κ1) is 10.2. The second-order valence-electron chi connectivity index (χ2n) is 3.86. The molecule has 0 saturated carbocycles. The molecule has 0 aliphatic carbocycles. The van der Waals surface area contributed by atoms with Gasteiger partial charge in [0.2, 0.25) is 5.91 Å². The molecular formula is C9H17NO. The van der Waals surface area contributed by atoms with E-state index >= 15 is 0 Å². The van der Waals surface area contributed by atoms with Crippen molar-refractivity contribution in [1.82, 2.24) is 0 Å². The highest BCUT2D eigenvalue weighted by molar-refractivity contribution is 5.92. The molecule has 1 amide bonds. The second-order valence-corrected chi connectivity index (χ2v) is 3.86. The van der Waals surface area contributed by atoms with Crippen LogP contribution >= 0.6 is 0 Å². The lowest BCUT2D eigenvalue weighted by atomic mass is 9.85. The highest BCUT2D eigenvalue weighted by atomic mass is 16.1. The van der Waals surface area contributed by atoms with Crippen molar-refractivity contribution in [2.45, 2.75) is 34.6 Å². The lowest BCUT2D eigenvalue weighted by molar-refractivity contribution is -0.114. The van der Waals surface area contributed by atoms with E-state index in [1.54, 1.807) is 6.92 Å². The van der Waals surface area contributed by atoms with Crippen LogP contribution in [0, 0.1) is 5.41 Å². The fourth-order valence-electron chi connectivity index (χ4n) is 0.747. The summed E-state index contributed by atoms with van der Waals surface area (Å²) in [5.74, 6) is -0.322. The summed E-state index contributed by atoms with van der Waals surface area (Å²) in [6, 6.07) is 0. The molecule has 2 N–H and O–H groups in total. The molecule has 0 aliphatic rings. The van der Waals surface area contributed by atoms with Crippen molar-refractivity contribution in [3.05, 3.63) is 11.1 Å². The maximum atomic E-state index is 10.8. The van der Waals surface area contributed by atoms with E-state index in [1.165, 1.54) is 0 Å². The van der Waals surface area contributed by atoms with E-state index in [1.807, 2.05) is 6.92 Å². The van der Waals surface area contributed by atoms with Crippen LogP contribution in [0.15, 0.2) is 11.1 Å². The zero-order valence-electron chi connectivity index (χ0n) is 7.99. The third-order valence-corrected chi connectivity index (χ3v) is 2.06. The summed E-state index contributed by atoms with van der Waals surface area (Å²) in [6.07, 6.45) is 0. The van der Waals surface area contributed by atoms with Gasteiger partial charge in [-0.15, -0.1) is 0 Å². The summed E-state index contributed by atoms with van der Waals surface area (Å²) in [5.41, 5.74) is 6.92. The maximum Gasteiger partial charge on any atom is 0.244 e. The molecule has 0 fully saturated rings. The minimum Gasteiger partial charge on any atom is -0.366 e. The molecule has 0 saturated heterocycles. The average molecular weight is 155 g/mol. The summed E-state index contributed by atoms with van der Waals surface area (Å²) in [6.45, 7) is 9.90. The fourth-order valence-corrected chi connectivity index (χ4v) is 0.747. The Labute approximate surface area is 68.5 Å². The van der Waals surface area contributed by atoms with Crippen molar-refractivity contribution >= 4 is 5.91 Å². The zero-order valence-corrected chi connectivity index (χ0v) is 7.99. The molecule has 0 bridgehead atoms. The van der Waals surface area contributed by atoms with Gasteiger partial charge in [-0.3, -0.25) is 4.79 Å². The SMILES string of the molecule is CC(C(N)=O)=C(C)C(C)(C)C. The standard InChI is InChI=1S/C9H17NO/c1-6(8(10)11)7(2)9(3,4)5/h1-5H3,(H2,10,11). The van der Waals surface area contributed by atoms with Gasteiger partial charge >= 0.3 is 0 Å². The Kier molecular flexibility index (Phi) is 2.85. The molecule has 0 atom stereocenters. The highest BCUT2D eigenvalue weighted by Crippen LogP contribution is 2.26. The topological polar surface area (TPSA) is 43.1 Å². The van der Waals surface area contributed by atoms with E-state index in [-0.39, 0.29) is 11.3 Å². The van der Waals surface area contributed by atoms with Crippen LogP contribution in [0.25, 0.3) is 0 Å². The molecule has 2 heteroatoms. The molecule has 0 rings (SSSR count). The van der Waals surface area contributed by atoms with E-state index in [0.29, 0.717) is 5.57 Å². The van der Waals surface area contributed by atoms with Gasteiger partial charge in [0.05, 0.1) is 0 Å². The molecule has 0 aromatic heterocycles. The summed E-state index contributed by atoms with van der Waals surface area (Å²) < 4.78 is 0. The van der Waals surface area contributed by atoms with Gasteiger partial charge in [0.25, 0.3) is 0 Å². The predicted molar refractivity (Wildman–Crippen MR) is 47.0 cm³/mol. The summed E-state index contributed by atoms with van der Waals surface area (Å²) >= 11 is 0. The van der Waals surface area contributed by atoms with Crippen molar-refractivity contribution in [3.8, 4) is 0 Å². The molecular weight excluding hydrogens is 138 g/mol. The van der Waals surface area contributed by atoms with E-state index < -0.39 is 0 Å². The monoisotopic (exact) mass is 155 g/mol. The predicted octanol–water partition coefficient (Wildman–Crippen LogP) is 1.85. The summed E-state index contributed by atoms with van der Waals surface area (Å²) in [7, 11) is 0. The smallest absolute Gasteiger partial charge is 0.244 e. The van der Waals surface area contributed by atoms with Crippen molar-refractivity contribution in [1.29, 1.82) is 0 Å². The number of carbonyl (C=O) groups excluding carboxylic acids is 1. The van der Waals surface area contributed by atoms with Crippen molar-refractivity contribution in [2.24, 2.45) is 11.1 Å². The largest absolute Gasteiger partial charge is 0.366 e. The van der Waals surface area contributed by atoms with Gasteiger partial charge in [-0.05, 0) is 19.3 Å². The van der Waals surface area contributed by atoms with Crippen molar-refractivity contribution in [2.75, 3.05) is 0 Å². The van der Waals surface area contributed by atoms with Crippen molar-refractivity contribution < 1.29 is 4.79 Å². The minimum absolute atomic E-state index is 0.0408. The van der Waals surface area contributed by atoms with Crippen LogP contribution in [0.2, 0.25) is 0 Å². The third-order valence-electron chi connectivity index (χ3n) is 2.06. The fraction of sp³-hybridized carbons (Fsp3) is 0.667. The van der Waals surface area contributed by atoms with Crippen LogP contribution in [0.5, 0.6) is 0 Å². The lowest BCUT2D eigenvalue weighted by Crippen LogP contribution is -2.18. The van der Waals surface area contributed by atoms with Gasteiger partial charge in [-0.1, -0.05) is 26.3 Å². The molecule has 64 valence electrons. The number of allylic oxidation sites excluding steroid dienone is 1. The highest BCUT2D eigenvalue weighted by Gasteiger charge is 2.16. The number of amides is 1. The first-order chi connectivity index (χ1) is 4.76. The van der Waals surface area contributed by atoms with Crippen LogP contribution in [-0.4, -0.2) is 5.91 Å². The molecule has 0 aliphatic heterocycles. The van der Waals surface area contributed by atoms with Gasteiger partial charge < -0.3 is 5.73 Å². The molecule has 0 aromatic rings. The van der Waals surface area contributed by atoms with Crippen LogP contribution in [0.1, 0.15) is 34.6 Å². The first-order valence-corrected chi connectivity index (χ1v) is 3.74. The average Bonchev–Trinajstić information content (AvgIpc) is 1.82. The van der Waals surface area contributed by atoms with Crippen LogP contribution in [-0.2, 0) is 4.79 Å². The van der Waals surface area contributed by atoms with Crippen LogP contribution in [0.4, 0.5) is 0 Å². The molecule has 0 unspecified atom stereocenters. The van der Waals surface area contributed by atoms with Crippen LogP contribution in [0.3, 0.4) is 0 Å². The molecule has 0 radical (unpaired) electrons. The Morgan fingerprint density at radius 3 is 1.64 bits per heavy atom. The van der Waals surface area contributed by atoms with Gasteiger partial charge in [0.15, 0.2) is 0 Å². The number of primary amides is 1. The minimum atomic E-state index is -0.322. The molecule has 11 heavy (non-hydrogen) atoms. The van der Waals surface area contributed by atoms with Crippen LogP contribution < -0.4 is 5.73 Å². The number of rotatable bonds is 1. The summed E-state index contributed by atoms with van der Waals surface area (Å²) in [4.78, 5) is 10.8. The quantitative estimate of drug-likeness (QED) is 0.577. The van der Waals surface area contributed by atoms with Gasteiger partial charge in [-0.25, -0.2) is 0 Å². The zero-order chi connectivity index (χ0) is 9.23. The van der Waals surface area contributed by atoms with Crippen molar-refractivity contribution in [3.63, 3.8) is 0 Å². The Morgan fingerprint density at radius 2 is 1.55 bits per heavy atom. The molecule has 2 nitrogen and oxygen atoms in total. The number of carbonyl (C=O) groups is 1. The Balaban J connectivity index is 4.82.